The lowest BCUT2D eigenvalue weighted by atomic mass is 10.1. The Morgan fingerprint density at radius 1 is 0.893 bits per heavy atom. The highest BCUT2D eigenvalue weighted by Gasteiger charge is 2.18. The second-order valence-electron chi connectivity index (χ2n) is 7.27. The third-order valence-corrected chi connectivity index (χ3v) is 5.20. The third-order valence-electron chi connectivity index (χ3n) is 5.20. The van der Waals surface area contributed by atoms with Crippen LogP contribution in [0.4, 0.5) is 17.5 Å². The van der Waals surface area contributed by atoms with Crippen molar-refractivity contribution in [3.63, 3.8) is 0 Å². The highest BCUT2D eigenvalue weighted by Crippen LogP contribution is 2.25. The zero-order valence-electron chi connectivity index (χ0n) is 16.6. The average Bonchev–Trinajstić information content (AvgIpc) is 2.75. The molecular weight excluding hydrogens is 346 g/mol. The van der Waals surface area contributed by atoms with E-state index in [9.17, 15) is 0 Å². The van der Waals surface area contributed by atoms with Crippen molar-refractivity contribution in [2.75, 3.05) is 43.4 Å². The minimum absolute atomic E-state index is 0.794. The monoisotopic (exact) mass is 373 g/mol. The molecule has 0 bridgehead atoms. The number of hydrogen-bond acceptors (Lipinski definition) is 5. The van der Waals surface area contributed by atoms with Gasteiger partial charge in [0.25, 0.3) is 0 Å². The molecule has 2 heterocycles. The molecule has 1 saturated heterocycles. The van der Waals surface area contributed by atoms with E-state index < -0.39 is 0 Å². The summed E-state index contributed by atoms with van der Waals surface area (Å²) < 4.78 is 0. The summed E-state index contributed by atoms with van der Waals surface area (Å²) in [7, 11) is 2.16. The Hall–Kier alpha value is -2.92. The van der Waals surface area contributed by atoms with Gasteiger partial charge in [-0.2, -0.15) is 4.98 Å². The Balaban J connectivity index is 1.66. The Morgan fingerprint density at radius 3 is 2.29 bits per heavy atom. The molecular formula is C23H27N5. The Labute approximate surface area is 167 Å². The van der Waals surface area contributed by atoms with Gasteiger partial charge in [-0.25, -0.2) is 4.98 Å². The minimum Gasteiger partial charge on any atom is -0.340 e. The predicted octanol–water partition coefficient (Wildman–Crippen LogP) is 4.20. The van der Waals surface area contributed by atoms with Gasteiger partial charge in [0.05, 0.1) is 5.69 Å². The van der Waals surface area contributed by atoms with Crippen molar-refractivity contribution in [1.29, 1.82) is 0 Å². The number of nitrogens with one attached hydrogen (secondary N) is 1. The lowest BCUT2D eigenvalue weighted by molar-refractivity contribution is 0.311. The number of anilines is 3. The summed E-state index contributed by atoms with van der Waals surface area (Å²) in [5, 5.41) is 3.47. The second kappa shape index (κ2) is 8.40. The fourth-order valence-electron chi connectivity index (χ4n) is 3.37. The zero-order valence-corrected chi connectivity index (χ0v) is 16.6. The van der Waals surface area contributed by atoms with Crippen LogP contribution in [0, 0.1) is 0 Å². The van der Waals surface area contributed by atoms with E-state index in [-0.39, 0.29) is 0 Å². The number of benzene rings is 2. The first-order valence-corrected chi connectivity index (χ1v) is 9.95. The van der Waals surface area contributed by atoms with Crippen molar-refractivity contribution >= 4 is 17.5 Å². The molecule has 2 aromatic carbocycles. The summed E-state index contributed by atoms with van der Waals surface area (Å²) in [6.45, 7) is 6.11. The van der Waals surface area contributed by atoms with Gasteiger partial charge in [-0.05, 0) is 31.2 Å². The number of aromatic nitrogens is 2. The Morgan fingerprint density at radius 2 is 1.61 bits per heavy atom. The number of nitrogens with zero attached hydrogens (tertiary/aromatic N) is 4. The van der Waals surface area contributed by atoms with Crippen LogP contribution < -0.4 is 10.2 Å². The molecule has 0 radical (unpaired) electrons. The molecule has 4 rings (SSSR count). The summed E-state index contributed by atoms with van der Waals surface area (Å²) in [5.74, 6) is 1.62. The number of hydrogen-bond donors (Lipinski definition) is 1. The lowest BCUT2D eigenvalue weighted by Gasteiger charge is -2.32. The molecule has 5 heteroatoms. The number of likely N-dealkylation sites (N-methyl/N-ethyl adjacent to an activating group) is 1. The van der Waals surface area contributed by atoms with Gasteiger partial charge in [-0.1, -0.05) is 49.4 Å². The summed E-state index contributed by atoms with van der Waals surface area (Å²) >= 11 is 0. The summed E-state index contributed by atoms with van der Waals surface area (Å²) in [5.41, 5.74) is 4.41. The summed E-state index contributed by atoms with van der Waals surface area (Å²) in [6, 6.07) is 20.9. The van der Waals surface area contributed by atoms with Gasteiger partial charge in [-0.15, -0.1) is 0 Å². The maximum Gasteiger partial charge on any atom is 0.227 e. The van der Waals surface area contributed by atoms with Crippen LogP contribution in [0.1, 0.15) is 12.5 Å². The topological polar surface area (TPSA) is 44.3 Å². The normalized spacial score (nSPS) is 14.9. The molecule has 0 saturated carbocycles. The molecule has 3 aromatic rings. The molecule has 5 nitrogen and oxygen atoms in total. The highest BCUT2D eigenvalue weighted by molar-refractivity contribution is 5.67. The molecule has 1 N–H and O–H groups in total. The van der Waals surface area contributed by atoms with Crippen LogP contribution in [0.25, 0.3) is 11.3 Å². The van der Waals surface area contributed by atoms with Crippen molar-refractivity contribution in [3.05, 3.63) is 66.2 Å². The first kappa shape index (κ1) is 18.4. The van der Waals surface area contributed by atoms with E-state index >= 15 is 0 Å². The van der Waals surface area contributed by atoms with E-state index in [0.29, 0.717) is 0 Å². The fourth-order valence-corrected chi connectivity index (χ4v) is 3.37. The number of aryl methyl sites for hydroxylation is 1. The van der Waals surface area contributed by atoms with E-state index in [4.69, 9.17) is 9.97 Å². The lowest BCUT2D eigenvalue weighted by Crippen LogP contribution is -2.45. The minimum atomic E-state index is 0.794. The standard InChI is InChI=1S/C23H27N5/c1-3-18-9-11-20(12-10-18)24-22-17-21(19-7-5-4-6-8-19)25-23(26-22)28-15-13-27(2)14-16-28/h4-12,17H,3,13-16H2,1-2H3,(H,24,25,26). The van der Waals surface area contributed by atoms with Gasteiger partial charge in [0.2, 0.25) is 5.95 Å². The first-order valence-electron chi connectivity index (χ1n) is 9.95. The molecule has 28 heavy (non-hydrogen) atoms. The number of piperazine rings is 1. The molecule has 0 amide bonds. The third kappa shape index (κ3) is 4.31. The smallest absolute Gasteiger partial charge is 0.227 e. The van der Waals surface area contributed by atoms with E-state index in [2.05, 4.69) is 65.5 Å². The average molecular weight is 374 g/mol. The van der Waals surface area contributed by atoms with Gasteiger partial charge < -0.3 is 15.1 Å². The fraction of sp³-hybridized carbons (Fsp3) is 0.304. The number of rotatable bonds is 5. The Bertz CT molecular complexity index is 900. The predicted molar refractivity (Wildman–Crippen MR) is 116 cm³/mol. The molecule has 144 valence electrons. The van der Waals surface area contributed by atoms with Crippen LogP contribution >= 0.6 is 0 Å². The molecule has 1 aromatic heterocycles. The van der Waals surface area contributed by atoms with Crippen LogP contribution in [-0.4, -0.2) is 48.1 Å². The summed E-state index contributed by atoms with van der Waals surface area (Å²) in [6.07, 6.45) is 1.04. The Kier molecular flexibility index (Phi) is 5.53. The van der Waals surface area contributed by atoms with Crippen LogP contribution in [-0.2, 0) is 6.42 Å². The van der Waals surface area contributed by atoms with Crippen molar-refractivity contribution in [1.82, 2.24) is 14.9 Å². The van der Waals surface area contributed by atoms with Crippen molar-refractivity contribution in [2.45, 2.75) is 13.3 Å². The SMILES string of the molecule is CCc1ccc(Nc2cc(-c3ccccc3)nc(N3CCN(C)CC3)n2)cc1. The van der Waals surface area contributed by atoms with Gasteiger partial charge in [0.15, 0.2) is 0 Å². The van der Waals surface area contributed by atoms with Crippen molar-refractivity contribution in [2.24, 2.45) is 0 Å². The van der Waals surface area contributed by atoms with Crippen molar-refractivity contribution in [3.8, 4) is 11.3 Å². The first-order chi connectivity index (χ1) is 13.7. The van der Waals surface area contributed by atoms with Gasteiger partial charge in [-0.3, -0.25) is 0 Å². The van der Waals surface area contributed by atoms with Crippen LogP contribution in [0.15, 0.2) is 60.7 Å². The zero-order chi connectivity index (χ0) is 19.3. The van der Waals surface area contributed by atoms with Gasteiger partial charge >= 0.3 is 0 Å². The van der Waals surface area contributed by atoms with E-state index in [1.165, 1.54) is 5.56 Å². The van der Waals surface area contributed by atoms with E-state index in [1.54, 1.807) is 0 Å². The largest absolute Gasteiger partial charge is 0.340 e. The van der Waals surface area contributed by atoms with Crippen LogP contribution in [0.5, 0.6) is 0 Å². The maximum absolute atomic E-state index is 4.88. The van der Waals surface area contributed by atoms with E-state index in [1.807, 2.05) is 24.3 Å². The van der Waals surface area contributed by atoms with Crippen molar-refractivity contribution < 1.29 is 0 Å². The molecule has 0 unspecified atom stereocenters. The van der Waals surface area contributed by atoms with E-state index in [0.717, 1.165) is 61.3 Å². The van der Waals surface area contributed by atoms with Gasteiger partial charge in [0.1, 0.15) is 5.82 Å². The maximum atomic E-state index is 4.88. The van der Waals surface area contributed by atoms with Crippen LogP contribution in [0.3, 0.4) is 0 Å². The molecule has 1 aliphatic rings. The molecule has 0 atom stereocenters. The molecule has 0 aliphatic carbocycles. The van der Waals surface area contributed by atoms with Gasteiger partial charge in [0, 0.05) is 43.5 Å². The van der Waals surface area contributed by atoms with Crippen LogP contribution in [0.2, 0.25) is 0 Å². The second-order valence-corrected chi connectivity index (χ2v) is 7.27. The molecule has 1 fully saturated rings. The highest BCUT2D eigenvalue weighted by atomic mass is 15.3. The molecule has 1 aliphatic heterocycles. The molecule has 0 spiro atoms. The summed E-state index contributed by atoms with van der Waals surface area (Å²) in [4.78, 5) is 14.3. The quantitative estimate of drug-likeness (QED) is 0.726.